The Labute approximate surface area is 227 Å². The van der Waals surface area contributed by atoms with Gasteiger partial charge in [-0.25, -0.2) is 0 Å². The van der Waals surface area contributed by atoms with Crippen LogP contribution in [-0.2, 0) is 16.5 Å². The second-order valence-corrected chi connectivity index (χ2v) is 12.2. The lowest BCUT2D eigenvalue weighted by Gasteiger charge is -2.46. The van der Waals surface area contributed by atoms with Crippen LogP contribution in [0.15, 0.2) is 84.9 Å². The zero-order valence-electron chi connectivity index (χ0n) is 23.2. The van der Waals surface area contributed by atoms with Crippen molar-refractivity contribution in [2.24, 2.45) is 0 Å². The van der Waals surface area contributed by atoms with Gasteiger partial charge in [0.2, 0.25) is 0 Å². The fourth-order valence-corrected chi connectivity index (χ4v) is 5.79. The van der Waals surface area contributed by atoms with Crippen LogP contribution >= 0.6 is 0 Å². The lowest BCUT2D eigenvalue weighted by Crippen LogP contribution is -2.49. The van der Waals surface area contributed by atoms with Crippen LogP contribution in [0.1, 0.15) is 63.8 Å². The summed E-state index contributed by atoms with van der Waals surface area (Å²) in [6.45, 7) is 12.1. The first kappa shape index (κ1) is 25.0. The Balaban J connectivity index is 1.55. The summed E-state index contributed by atoms with van der Waals surface area (Å²) >= 11 is 0. The molecule has 0 bridgehead atoms. The van der Waals surface area contributed by atoms with Crippen LogP contribution in [0.4, 0.5) is 17.1 Å². The standard InChI is InChI=1S/C34H35BNO2/c1-32(2)27-21-25(35-38-34(5,6)33(3,4)37)17-19-29(27)36-28-15-11-10-14-23(28)20-24-16-18-26(30(32)31(24)36)22-12-8-7-9-13-22/h7-19,21,37H,20H2,1-6H3. The molecule has 191 valence electrons. The van der Waals surface area contributed by atoms with E-state index in [-0.39, 0.29) is 5.41 Å². The highest BCUT2D eigenvalue weighted by atomic mass is 16.5. The summed E-state index contributed by atoms with van der Waals surface area (Å²) < 4.78 is 6.15. The number of fused-ring (bicyclic) bond motifs is 4. The molecule has 1 N–H and O–H groups in total. The minimum Gasteiger partial charge on any atom is -0.427 e. The molecule has 38 heavy (non-hydrogen) atoms. The van der Waals surface area contributed by atoms with Crippen LogP contribution in [-0.4, -0.2) is 23.8 Å². The minimum atomic E-state index is -0.978. The highest BCUT2D eigenvalue weighted by Crippen LogP contribution is 2.58. The van der Waals surface area contributed by atoms with Crippen molar-refractivity contribution in [3.63, 3.8) is 0 Å². The van der Waals surface area contributed by atoms with Crippen LogP contribution in [0.2, 0.25) is 0 Å². The lowest BCUT2D eigenvalue weighted by atomic mass is 9.67. The topological polar surface area (TPSA) is 32.7 Å². The monoisotopic (exact) mass is 500 g/mol. The Kier molecular flexibility index (Phi) is 5.64. The van der Waals surface area contributed by atoms with Crippen molar-refractivity contribution in [2.45, 2.75) is 64.6 Å². The number of rotatable bonds is 5. The molecule has 0 saturated carbocycles. The van der Waals surface area contributed by atoms with Crippen molar-refractivity contribution in [2.75, 3.05) is 4.90 Å². The average molecular weight is 500 g/mol. The molecule has 0 amide bonds. The second kappa shape index (κ2) is 8.59. The zero-order valence-corrected chi connectivity index (χ0v) is 23.2. The molecular formula is C34H35BNO2. The quantitative estimate of drug-likeness (QED) is 0.260. The van der Waals surface area contributed by atoms with Crippen LogP contribution in [0.25, 0.3) is 11.1 Å². The first-order valence-corrected chi connectivity index (χ1v) is 13.5. The van der Waals surface area contributed by atoms with E-state index in [1.807, 2.05) is 13.8 Å². The molecule has 2 heterocycles. The molecule has 1 radical (unpaired) electrons. The van der Waals surface area contributed by atoms with Gasteiger partial charge in [-0.05, 0) is 73.2 Å². The molecule has 6 rings (SSSR count). The van der Waals surface area contributed by atoms with Gasteiger partial charge in [-0.1, -0.05) is 92.1 Å². The Hall–Kier alpha value is -3.34. The summed E-state index contributed by atoms with van der Waals surface area (Å²) in [6.07, 6.45) is 0.932. The maximum atomic E-state index is 10.6. The summed E-state index contributed by atoms with van der Waals surface area (Å²) in [4.78, 5) is 2.47. The SMILES string of the molecule is CC1(C)c2cc([B]OC(C)(C)C(C)(C)O)ccc2N2c3ccccc3Cc3ccc(-c4ccccc4)c1c32. The molecule has 0 aromatic heterocycles. The normalized spacial score (nSPS) is 15.4. The molecule has 3 nitrogen and oxygen atoms in total. The van der Waals surface area contributed by atoms with Crippen LogP contribution in [0, 0.1) is 0 Å². The summed E-state index contributed by atoms with van der Waals surface area (Å²) in [7, 11) is 1.79. The Morgan fingerprint density at radius 3 is 2.26 bits per heavy atom. The fraction of sp³-hybridized carbons (Fsp3) is 0.294. The van der Waals surface area contributed by atoms with Crippen LogP contribution in [0.5, 0.6) is 0 Å². The number of hydrogen-bond donors (Lipinski definition) is 1. The van der Waals surface area contributed by atoms with Crippen molar-refractivity contribution < 1.29 is 9.76 Å². The third-order valence-corrected chi connectivity index (χ3v) is 8.71. The van der Waals surface area contributed by atoms with E-state index in [0.717, 1.165) is 11.9 Å². The molecular weight excluding hydrogens is 465 g/mol. The van der Waals surface area contributed by atoms with Gasteiger partial charge < -0.3 is 14.7 Å². The first-order chi connectivity index (χ1) is 18.0. The largest absolute Gasteiger partial charge is 0.427 e. The molecule has 0 spiro atoms. The summed E-state index contributed by atoms with van der Waals surface area (Å²) in [6, 6.07) is 30.7. The molecule has 0 fully saturated rings. The van der Waals surface area contributed by atoms with E-state index in [9.17, 15) is 5.11 Å². The van der Waals surface area contributed by atoms with E-state index < -0.39 is 11.2 Å². The van der Waals surface area contributed by atoms with E-state index in [4.69, 9.17) is 4.65 Å². The Bertz CT molecular complexity index is 1530. The summed E-state index contributed by atoms with van der Waals surface area (Å²) in [5, 5.41) is 10.6. The predicted octanol–water partition coefficient (Wildman–Crippen LogP) is 7.18. The van der Waals surface area contributed by atoms with Crippen molar-refractivity contribution in [1.29, 1.82) is 0 Å². The van der Waals surface area contributed by atoms with Gasteiger partial charge in [-0.15, -0.1) is 0 Å². The highest BCUT2D eigenvalue weighted by Gasteiger charge is 2.42. The van der Waals surface area contributed by atoms with Crippen molar-refractivity contribution in [1.82, 2.24) is 0 Å². The number of benzene rings is 4. The molecule has 2 aliphatic heterocycles. The average Bonchev–Trinajstić information content (AvgIpc) is 2.89. The Morgan fingerprint density at radius 2 is 1.53 bits per heavy atom. The van der Waals surface area contributed by atoms with E-state index >= 15 is 0 Å². The third-order valence-electron chi connectivity index (χ3n) is 8.71. The van der Waals surface area contributed by atoms with E-state index in [0.29, 0.717) is 0 Å². The summed E-state index contributed by atoms with van der Waals surface area (Å²) in [5.41, 5.74) is 10.6. The van der Waals surface area contributed by atoms with Gasteiger partial charge in [0.25, 0.3) is 0 Å². The zero-order chi connectivity index (χ0) is 26.9. The number of anilines is 3. The minimum absolute atomic E-state index is 0.246. The van der Waals surface area contributed by atoms with E-state index in [1.54, 1.807) is 21.3 Å². The first-order valence-electron chi connectivity index (χ1n) is 13.5. The molecule has 0 atom stereocenters. The van der Waals surface area contributed by atoms with Crippen LogP contribution < -0.4 is 10.4 Å². The smallest absolute Gasteiger partial charge is 0.330 e. The van der Waals surface area contributed by atoms with Gasteiger partial charge in [0.05, 0.1) is 22.6 Å². The third kappa shape index (κ3) is 3.81. The van der Waals surface area contributed by atoms with Gasteiger partial charge >= 0.3 is 7.48 Å². The number of hydrogen-bond acceptors (Lipinski definition) is 3. The summed E-state index contributed by atoms with van der Waals surface area (Å²) in [5.74, 6) is 0. The van der Waals surface area contributed by atoms with Crippen molar-refractivity contribution >= 4 is 30.0 Å². The number of nitrogens with zero attached hydrogens (tertiary/aromatic N) is 1. The van der Waals surface area contributed by atoms with Gasteiger partial charge in [-0.3, -0.25) is 0 Å². The second-order valence-electron chi connectivity index (χ2n) is 12.2. The predicted molar refractivity (Wildman–Crippen MR) is 158 cm³/mol. The fourth-order valence-electron chi connectivity index (χ4n) is 5.79. The number of aliphatic hydroxyl groups is 1. The molecule has 0 saturated heterocycles. The maximum absolute atomic E-state index is 10.6. The van der Waals surface area contributed by atoms with Gasteiger partial charge in [0.15, 0.2) is 0 Å². The van der Waals surface area contributed by atoms with E-state index in [2.05, 4.69) is 104 Å². The molecule has 4 aromatic carbocycles. The highest BCUT2D eigenvalue weighted by molar-refractivity contribution is 6.47. The van der Waals surface area contributed by atoms with Crippen LogP contribution in [0.3, 0.4) is 0 Å². The lowest BCUT2D eigenvalue weighted by molar-refractivity contribution is -0.0893. The Morgan fingerprint density at radius 1 is 0.816 bits per heavy atom. The van der Waals surface area contributed by atoms with Crippen molar-refractivity contribution in [3.8, 4) is 11.1 Å². The molecule has 2 aliphatic rings. The number of para-hydroxylation sites is 1. The van der Waals surface area contributed by atoms with Gasteiger partial charge in [0, 0.05) is 17.5 Å². The maximum Gasteiger partial charge on any atom is 0.330 e. The van der Waals surface area contributed by atoms with E-state index in [1.165, 1.54) is 50.4 Å². The molecule has 4 aromatic rings. The molecule has 4 heteroatoms. The van der Waals surface area contributed by atoms with Gasteiger partial charge in [0.1, 0.15) is 0 Å². The molecule has 0 unspecified atom stereocenters. The van der Waals surface area contributed by atoms with Gasteiger partial charge in [-0.2, -0.15) is 0 Å². The molecule has 0 aliphatic carbocycles. The van der Waals surface area contributed by atoms with Crippen molar-refractivity contribution in [3.05, 3.63) is 107 Å².